The number of nitrogens with zero attached hydrogens (tertiary/aromatic N) is 1. The maximum atomic E-state index is 13.4. The third kappa shape index (κ3) is 6.01. The van der Waals surface area contributed by atoms with Gasteiger partial charge < -0.3 is 19.0 Å². The Kier molecular flexibility index (Phi) is 8.60. The van der Waals surface area contributed by atoms with Crippen LogP contribution < -0.4 is 4.74 Å². The Morgan fingerprint density at radius 2 is 2.17 bits per heavy atom. The number of unbranched alkanes of at least 4 members (excludes halogenated alkanes) is 1. The van der Waals surface area contributed by atoms with Crippen LogP contribution >= 0.6 is 0 Å². The molecule has 2 rings (SSSR count). The van der Waals surface area contributed by atoms with Crippen LogP contribution in [0.5, 0.6) is 5.75 Å². The minimum absolute atomic E-state index is 0.0230. The monoisotopic (exact) mass is 427 g/mol. The molecule has 29 heavy (non-hydrogen) atoms. The number of esters is 1. The molecule has 0 spiro atoms. The van der Waals surface area contributed by atoms with E-state index in [0.717, 1.165) is 16.2 Å². The fourth-order valence-corrected chi connectivity index (χ4v) is 4.69. The minimum Gasteiger partial charge on any atom is -0.489 e. The van der Waals surface area contributed by atoms with Crippen molar-refractivity contribution in [3.63, 3.8) is 0 Å². The van der Waals surface area contributed by atoms with E-state index in [4.69, 9.17) is 14.2 Å². The Morgan fingerprint density at radius 1 is 1.41 bits per heavy atom. The summed E-state index contributed by atoms with van der Waals surface area (Å²) in [5, 5.41) is 0. The Bertz CT molecular complexity index is 809. The van der Waals surface area contributed by atoms with Crippen LogP contribution in [0.4, 0.5) is 0 Å². The van der Waals surface area contributed by atoms with Gasteiger partial charge in [0.15, 0.2) is 0 Å². The first-order chi connectivity index (χ1) is 13.8. The lowest BCUT2D eigenvalue weighted by atomic mass is 10.2. The second kappa shape index (κ2) is 10.7. The van der Waals surface area contributed by atoms with E-state index in [-0.39, 0.29) is 36.5 Å². The van der Waals surface area contributed by atoms with Crippen molar-refractivity contribution in [2.75, 3.05) is 19.8 Å². The van der Waals surface area contributed by atoms with Crippen molar-refractivity contribution in [3.8, 4) is 5.75 Å². The van der Waals surface area contributed by atoms with E-state index in [1.165, 1.54) is 6.07 Å². The van der Waals surface area contributed by atoms with Crippen molar-refractivity contribution >= 4 is 22.3 Å². The number of rotatable bonds is 10. The highest BCUT2D eigenvalue weighted by Gasteiger charge is 2.41. The van der Waals surface area contributed by atoms with Gasteiger partial charge in [0.2, 0.25) is 16.3 Å². The van der Waals surface area contributed by atoms with Gasteiger partial charge in [-0.3, -0.25) is 0 Å². The first-order valence-electron chi connectivity index (χ1n) is 9.82. The number of carbonyl (C=O) groups excluding carboxylic acids is 2. The molecule has 8 nitrogen and oxygen atoms in total. The van der Waals surface area contributed by atoms with E-state index in [1.54, 1.807) is 19.1 Å². The standard InChI is InChI=1S/C20H29NO7S/c1-4-26-20(23)19-21(11-7-13-27-19)29(24,25)18-10-9-15(2)14-17(18)28-16(3)8-5-6-12-22/h9-10,12,14,16,19H,4-8,11,13H2,1-3H3/t16-,19-/m1/s1. The number of hydrogen-bond acceptors (Lipinski definition) is 7. The number of sulfonamides is 1. The molecule has 0 amide bonds. The highest BCUT2D eigenvalue weighted by atomic mass is 32.2. The molecule has 9 heteroatoms. The lowest BCUT2D eigenvalue weighted by molar-refractivity contribution is -0.169. The summed E-state index contributed by atoms with van der Waals surface area (Å²) in [7, 11) is -4.07. The topological polar surface area (TPSA) is 99.2 Å². The van der Waals surface area contributed by atoms with Gasteiger partial charge in [0.05, 0.1) is 19.3 Å². The molecule has 0 unspecified atom stereocenters. The Balaban J connectivity index is 2.33. The summed E-state index contributed by atoms with van der Waals surface area (Å²) in [6, 6.07) is 4.82. The Hall–Kier alpha value is -1.97. The number of hydrogen-bond donors (Lipinski definition) is 0. The van der Waals surface area contributed by atoms with Gasteiger partial charge in [0, 0.05) is 13.0 Å². The minimum atomic E-state index is -4.07. The lowest BCUT2D eigenvalue weighted by Gasteiger charge is -2.33. The van der Waals surface area contributed by atoms with Crippen molar-refractivity contribution in [1.82, 2.24) is 4.31 Å². The van der Waals surface area contributed by atoms with E-state index < -0.39 is 22.2 Å². The molecule has 1 heterocycles. The molecule has 1 aliphatic rings. The third-order valence-corrected chi connectivity index (χ3v) is 6.38. The normalized spacial score (nSPS) is 18.8. The van der Waals surface area contributed by atoms with E-state index >= 15 is 0 Å². The summed E-state index contributed by atoms with van der Waals surface area (Å²) in [5.41, 5.74) is 0.843. The smallest absolute Gasteiger partial charge is 0.351 e. The van der Waals surface area contributed by atoms with Gasteiger partial charge in [0.25, 0.3) is 0 Å². The Morgan fingerprint density at radius 3 is 2.86 bits per heavy atom. The largest absolute Gasteiger partial charge is 0.489 e. The predicted molar refractivity (Wildman–Crippen MR) is 106 cm³/mol. The van der Waals surface area contributed by atoms with Crippen molar-refractivity contribution in [1.29, 1.82) is 0 Å². The molecule has 0 N–H and O–H groups in total. The average Bonchev–Trinajstić information content (AvgIpc) is 2.68. The zero-order valence-corrected chi connectivity index (χ0v) is 17.9. The zero-order chi connectivity index (χ0) is 21.4. The molecular weight excluding hydrogens is 398 g/mol. The zero-order valence-electron chi connectivity index (χ0n) is 17.1. The molecular formula is C20H29NO7S. The molecule has 0 aromatic heterocycles. The second-order valence-corrected chi connectivity index (χ2v) is 8.78. The van der Waals surface area contributed by atoms with Crippen LogP contribution in [0, 0.1) is 6.92 Å². The third-order valence-electron chi connectivity index (χ3n) is 4.49. The molecule has 1 aliphatic heterocycles. The average molecular weight is 428 g/mol. The number of ether oxygens (including phenoxy) is 3. The van der Waals surface area contributed by atoms with Crippen LogP contribution in [-0.4, -0.2) is 57.1 Å². The molecule has 1 aromatic carbocycles. The Labute approximate surface area is 172 Å². The van der Waals surface area contributed by atoms with Crippen LogP contribution in [0.3, 0.4) is 0 Å². The van der Waals surface area contributed by atoms with Crippen molar-refractivity contribution < 1.29 is 32.2 Å². The molecule has 1 aromatic rings. The number of benzene rings is 1. The van der Waals surface area contributed by atoms with Crippen LogP contribution in [0.15, 0.2) is 23.1 Å². The summed E-state index contributed by atoms with van der Waals surface area (Å²) in [6.07, 6.45) is 1.44. The first-order valence-corrected chi connectivity index (χ1v) is 11.3. The van der Waals surface area contributed by atoms with Gasteiger partial charge >= 0.3 is 5.97 Å². The SMILES string of the molecule is CCOC(=O)[C@H]1OCCCN1S(=O)(=O)c1ccc(C)cc1O[C@H](C)CCCC=O. The second-order valence-electron chi connectivity index (χ2n) is 6.92. The molecule has 0 radical (unpaired) electrons. The summed E-state index contributed by atoms with van der Waals surface area (Å²) in [4.78, 5) is 22.7. The maximum absolute atomic E-state index is 13.4. The lowest BCUT2D eigenvalue weighted by Crippen LogP contribution is -2.51. The fourth-order valence-electron chi connectivity index (χ4n) is 3.07. The van der Waals surface area contributed by atoms with Crippen molar-refractivity contribution in [2.24, 2.45) is 0 Å². The number of carbonyl (C=O) groups is 2. The molecule has 162 valence electrons. The van der Waals surface area contributed by atoms with E-state index in [2.05, 4.69) is 0 Å². The quantitative estimate of drug-likeness (QED) is 0.321. The van der Waals surface area contributed by atoms with Crippen LogP contribution in [0.2, 0.25) is 0 Å². The molecule has 0 bridgehead atoms. The summed E-state index contributed by atoms with van der Waals surface area (Å²) in [6.45, 7) is 5.87. The van der Waals surface area contributed by atoms with Crippen molar-refractivity contribution in [2.45, 2.75) is 63.7 Å². The van der Waals surface area contributed by atoms with Gasteiger partial charge in [-0.2, -0.15) is 4.31 Å². The number of aryl methyl sites for hydroxylation is 1. The van der Waals surface area contributed by atoms with Crippen molar-refractivity contribution in [3.05, 3.63) is 23.8 Å². The highest BCUT2D eigenvalue weighted by molar-refractivity contribution is 7.89. The maximum Gasteiger partial charge on any atom is 0.351 e. The summed E-state index contributed by atoms with van der Waals surface area (Å²) < 4.78 is 44.1. The molecule has 1 fully saturated rings. The van der Waals surface area contributed by atoms with Crippen LogP contribution in [0.25, 0.3) is 0 Å². The molecule has 0 saturated carbocycles. The van der Waals surface area contributed by atoms with Gasteiger partial charge in [-0.15, -0.1) is 0 Å². The van der Waals surface area contributed by atoms with Gasteiger partial charge in [-0.25, -0.2) is 13.2 Å². The summed E-state index contributed by atoms with van der Waals surface area (Å²) in [5.74, 6) is -0.510. The molecule has 1 saturated heterocycles. The van der Waals surface area contributed by atoms with Gasteiger partial charge in [-0.1, -0.05) is 6.07 Å². The van der Waals surface area contributed by atoms with Gasteiger partial charge in [-0.05, 0) is 57.7 Å². The fraction of sp³-hybridized carbons (Fsp3) is 0.600. The van der Waals surface area contributed by atoms with E-state index in [9.17, 15) is 18.0 Å². The first kappa shape index (κ1) is 23.3. The predicted octanol–water partition coefficient (Wildman–Crippen LogP) is 2.43. The van der Waals surface area contributed by atoms with E-state index in [1.807, 2.05) is 13.8 Å². The molecule has 0 aliphatic carbocycles. The number of aldehydes is 1. The van der Waals surface area contributed by atoms with Gasteiger partial charge in [0.1, 0.15) is 16.9 Å². The highest BCUT2D eigenvalue weighted by Crippen LogP contribution is 2.32. The van der Waals surface area contributed by atoms with E-state index in [0.29, 0.717) is 25.7 Å². The summed E-state index contributed by atoms with van der Waals surface area (Å²) >= 11 is 0. The molecule has 2 atom stereocenters. The van der Waals surface area contributed by atoms with Crippen LogP contribution in [-0.2, 0) is 29.1 Å². The van der Waals surface area contributed by atoms with Crippen LogP contribution in [0.1, 0.15) is 45.1 Å².